The Balaban J connectivity index is 2.07. The molecule has 1 fully saturated rings. The molecule has 1 unspecified atom stereocenters. The molecule has 15 heavy (non-hydrogen) atoms. The molecule has 0 aliphatic carbocycles. The van der Waals surface area contributed by atoms with E-state index in [0.29, 0.717) is 18.2 Å². The Hall–Kier alpha value is -1.36. The summed E-state index contributed by atoms with van der Waals surface area (Å²) in [6.07, 6.45) is 4.27. The Morgan fingerprint density at radius 2 is 2.53 bits per heavy atom. The molecule has 0 spiro atoms. The Morgan fingerprint density at radius 3 is 3.07 bits per heavy atom. The molecule has 0 bridgehead atoms. The number of aromatic nitrogens is 2. The van der Waals surface area contributed by atoms with Gasteiger partial charge in [-0.2, -0.15) is 0 Å². The van der Waals surface area contributed by atoms with Crippen LogP contribution in [0.4, 0.5) is 0 Å². The van der Waals surface area contributed by atoms with E-state index in [1.165, 1.54) is 0 Å². The summed E-state index contributed by atoms with van der Waals surface area (Å²) in [7, 11) is 1.83. The van der Waals surface area contributed by atoms with Crippen molar-refractivity contribution >= 4 is 5.91 Å². The Bertz CT molecular complexity index is 360. The Kier molecular flexibility index (Phi) is 2.73. The van der Waals surface area contributed by atoms with Gasteiger partial charge in [0.25, 0.3) is 5.91 Å². The quantitative estimate of drug-likeness (QED) is 0.734. The molecular formula is C10H16N4O. The maximum atomic E-state index is 12.0. The van der Waals surface area contributed by atoms with Crippen LogP contribution >= 0.6 is 0 Å². The molecule has 1 aromatic heterocycles. The average Bonchev–Trinajstić information content (AvgIpc) is 2.84. The van der Waals surface area contributed by atoms with Gasteiger partial charge in [0.15, 0.2) is 0 Å². The van der Waals surface area contributed by atoms with Gasteiger partial charge in [-0.1, -0.05) is 0 Å². The van der Waals surface area contributed by atoms with Crippen LogP contribution in [0.25, 0.3) is 0 Å². The highest BCUT2D eigenvalue weighted by Crippen LogP contribution is 2.17. The summed E-state index contributed by atoms with van der Waals surface area (Å²) in [6.45, 7) is 2.25. The summed E-state index contributed by atoms with van der Waals surface area (Å²) in [4.78, 5) is 17.8. The van der Waals surface area contributed by atoms with Crippen molar-refractivity contribution in [3.63, 3.8) is 0 Å². The van der Waals surface area contributed by atoms with Gasteiger partial charge in [-0.25, -0.2) is 4.98 Å². The minimum absolute atomic E-state index is 0.0611. The first kappa shape index (κ1) is 10.2. The third kappa shape index (κ3) is 1.87. The van der Waals surface area contributed by atoms with Crippen LogP contribution in [0.3, 0.4) is 0 Å². The fourth-order valence-corrected chi connectivity index (χ4v) is 1.93. The standard InChI is InChI=1S/C10H16N4O/c1-13-7-12-5-9(13)10(15)14-3-2-8(4-11)6-14/h5,7-8H,2-4,6,11H2,1H3. The molecule has 2 N–H and O–H groups in total. The third-order valence-electron chi connectivity index (χ3n) is 2.94. The molecule has 2 heterocycles. The van der Waals surface area contributed by atoms with Gasteiger partial charge in [-0.3, -0.25) is 4.79 Å². The molecule has 1 amide bonds. The van der Waals surface area contributed by atoms with E-state index < -0.39 is 0 Å². The number of aryl methyl sites for hydroxylation is 1. The summed E-state index contributed by atoms with van der Waals surface area (Å²) in [5.74, 6) is 0.521. The zero-order valence-corrected chi connectivity index (χ0v) is 8.89. The van der Waals surface area contributed by atoms with E-state index >= 15 is 0 Å². The number of carbonyl (C=O) groups is 1. The van der Waals surface area contributed by atoms with E-state index in [0.717, 1.165) is 19.5 Å². The smallest absolute Gasteiger partial charge is 0.272 e. The van der Waals surface area contributed by atoms with Crippen LogP contribution in [0.1, 0.15) is 16.9 Å². The molecule has 0 aromatic carbocycles. The van der Waals surface area contributed by atoms with Crippen LogP contribution < -0.4 is 5.73 Å². The molecule has 1 aliphatic rings. The summed E-state index contributed by atoms with van der Waals surface area (Å²) < 4.78 is 1.75. The number of likely N-dealkylation sites (tertiary alicyclic amines) is 1. The zero-order valence-electron chi connectivity index (χ0n) is 8.89. The van der Waals surface area contributed by atoms with Crippen molar-refractivity contribution in [1.29, 1.82) is 0 Å². The number of nitrogens with zero attached hydrogens (tertiary/aromatic N) is 3. The fourth-order valence-electron chi connectivity index (χ4n) is 1.93. The number of amides is 1. The highest BCUT2D eigenvalue weighted by molar-refractivity contribution is 5.92. The second-order valence-electron chi connectivity index (χ2n) is 4.03. The van der Waals surface area contributed by atoms with Gasteiger partial charge >= 0.3 is 0 Å². The number of hydrogen-bond donors (Lipinski definition) is 1. The van der Waals surface area contributed by atoms with Crippen LogP contribution in [-0.4, -0.2) is 40.0 Å². The summed E-state index contributed by atoms with van der Waals surface area (Å²) in [6, 6.07) is 0. The second-order valence-corrected chi connectivity index (χ2v) is 4.03. The van der Waals surface area contributed by atoms with Crippen LogP contribution in [0.5, 0.6) is 0 Å². The highest BCUT2D eigenvalue weighted by Gasteiger charge is 2.27. The molecule has 1 aliphatic heterocycles. The van der Waals surface area contributed by atoms with Crippen molar-refractivity contribution in [2.24, 2.45) is 18.7 Å². The largest absolute Gasteiger partial charge is 0.337 e. The number of imidazole rings is 1. The molecule has 82 valence electrons. The monoisotopic (exact) mass is 208 g/mol. The molecule has 0 saturated carbocycles. The lowest BCUT2D eigenvalue weighted by Crippen LogP contribution is -2.31. The van der Waals surface area contributed by atoms with Crippen LogP contribution in [0.2, 0.25) is 0 Å². The minimum Gasteiger partial charge on any atom is -0.337 e. The lowest BCUT2D eigenvalue weighted by atomic mass is 10.1. The van der Waals surface area contributed by atoms with E-state index in [2.05, 4.69) is 4.98 Å². The number of nitrogens with two attached hydrogens (primary N) is 1. The van der Waals surface area contributed by atoms with E-state index in [-0.39, 0.29) is 5.91 Å². The van der Waals surface area contributed by atoms with E-state index in [1.807, 2.05) is 11.9 Å². The SMILES string of the molecule is Cn1cncc1C(=O)N1CCC(CN)C1. The van der Waals surface area contributed by atoms with E-state index in [4.69, 9.17) is 5.73 Å². The number of rotatable bonds is 2. The van der Waals surface area contributed by atoms with E-state index in [1.54, 1.807) is 17.1 Å². The lowest BCUT2D eigenvalue weighted by molar-refractivity contribution is 0.0778. The van der Waals surface area contributed by atoms with E-state index in [9.17, 15) is 4.79 Å². The lowest BCUT2D eigenvalue weighted by Gasteiger charge is -2.15. The van der Waals surface area contributed by atoms with Crippen molar-refractivity contribution in [2.45, 2.75) is 6.42 Å². The van der Waals surface area contributed by atoms with Crippen LogP contribution in [0.15, 0.2) is 12.5 Å². The first-order valence-corrected chi connectivity index (χ1v) is 5.18. The van der Waals surface area contributed by atoms with Crippen LogP contribution in [0, 0.1) is 5.92 Å². The van der Waals surface area contributed by atoms with Gasteiger partial charge in [-0.15, -0.1) is 0 Å². The van der Waals surface area contributed by atoms with Crippen molar-refractivity contribution in [2.75, 3.05) is 19.6 Å². The molecule has 1 saturated heterocycles. The first-order chi connectivity index (χ1) is 7.22. The Labute approximate surface area is 88.9 Å². The maximum Gasteiger partial charge on any atom is 0.272 e. The molecule has 5 heteroatoms. The van der Waals surface area contributed by atoms with Crippen molar-refractivity contribution in [1.82, 2.24) is 14.5 Å². The second kappa shape index (κ2) is 4.02. The van der Waals surface area contributed by atoms with Gasteiger partial charge in [-0.05, 0) is 18.9 Å². The van der Waals surface area contributed by atoms with Crippen LogP contribution in [-0.2, 0) is 7.05 Å². The predicted octanol–water partition coefficient (Wildman–Crippen LogP) is -0.159. The number of hydrogen-bond acceptors (Lipinski definition) is 3. The molecule has 5 nitrogen and oxygen atoms in total. The summed E-state index contributed by atoms with van der Waals surface area (Å²) in [5, 5.41) is 0. The van der Waals surface area contributed by atoms with Gasteiger partial charge in [0, 0.05) is 20.1 Å². The summed E-state index contributed by atoms with van der Waals surface area (Å²) in [5.41, 5.74) is 6.24. The highest BCUT2D eigenvalue weighted by atomic mass is 16.2. The Morgan fingerprint density at radius 1 is 1.73 bits per heavy atom. The summed E-state index contributed by atoms with van der Waals surface area (Å²) >= 11 is 0. The molecule has 2 rings (SSSR count). The molecular weight excluding hydrogens is 192 g/mol. The normalized spacial score (nSPS) is 20.9. The zero-order chi connectivity index (χ0) is 10.8. The molecule has 0 radical (unpaired) electrons. The van der Waals surface area contributed by atoms with Crippen molar-refractivity contribution < 1.29 is 4.79 Å². The fraction of sp³-hybridized carbons (Fsp3) is 0.600. The van der Waals surface area contributed by atoms with Gasteiger partial charge in [0.05, 0.1) is 12.5 Å². The van der Waals surface area contributed by atoms with Gasteiger partial charge < -0.3 is 15.2 Å². The van der Waals surface area contributed by atoms with Gasteiger partial charge in [0.1, 0.15) is 5.69 Å². The average molecular weight is 208 g/mol. The molecule has 1 aromatic rings. The molecule has 1 atom stereocenters. The minimum atomic E-state index is 0.0611. The van der Waals surface area contributed by atoms with Crippen molar-refractivity contribution in [3.8, 4) is 0 Å². The predicted molar refractivity (Wildman–Crippen MR) is 56.3 cm³/mol. The maximum absolute atomic E-state index is 12.0. The van der Waals surface area contributed by atoms with Crippen molar-refractivity contribution in [3.05, 3.63) is 18.2 Å². The topological polar surface area (TPSA) is 64.2 Å². The first-order valence-electron chi connectivity index (χ1n) is 5.18. The number of carbonyl (C=O) groups excluding carboxylic acids is 1. The van der Waals surface area contributed by atoms with Gasteiger partial charge in [0.2, 0.25) is 0 Å². The third-order valence-corrected chi connectivity index (χ3v) is 2.94.